The van der Waals surface area contributed by atoms with Gasteiger partial charge in [-0.1, -0.05) is 13.0 Å². The van der Waals surface area contributed by atoms with E-state index >= 15 is 0 Å². The van der Waals surface area contributed by atoms with Gasteiger partial charge in [0.25, 0.3) is 0 Å². The Morgan fingerprint density at radius 1 is 1.18 bits per heavy atom. The van der Waals surface area contributed by atoms with E-state index < -0.39 is 0 Å². The molecular formula is C25H30N4O3S. The van der Waals surface area contributed by atoms with Gasteiger partial charge in [0, 0.05) is 18.0 Å². The number of nitrogens with zero attached hydrogens (tertiary/aromatic N) is 3. The molecule has 7 nitrogen and oxygen atoms in total. The van der Waals surface area contributed by atoms with Crippen molar-refractivity contribution < 1.29 is 14.2 Å². The molecule has 4 heterocycles. The van der Waals surface area contributed by atoms with Crippen LogP contribution >= 0.6 is 11.3 Å². The molecule has 6 rings (SSSR count). The Bertz CT molecular complexity index is 1170. The zero-order valence-corrected chi connectivity index (χ0v) is 20.0. The summed E-state index contributed by atoms with van der Waals surface area (Å²) in [6.07, 6.45) is 3.48. The maximum Gasteiger partial charge on any atom is 0.231 e. The molecule has 2 atom stereocenters. The minimum atomic E-state index is 0.0758. The number of fused-ring (bicyclic) bond motifs is 4. The predicted octanol–water partition coefficient (Wildman–Crippen LogP) is 4.55. The maximum atomic E-state index is 5.60. The molecule has 174 valence electrons. The van der Waals surface area contributed by atoms with E-state index in [1.54, 1.807) is 0 Å². The zero-order valence-electron chi connectivity index (χ0n) is 19.2. The van der Waals surface area contributed by atoms with E-state index in [0.717, 1.165) is 85.1 Å². The van der Waals surface area contributed by atoms with Crippen molar-refractivity contribution >= 4 is 27.4 Å². The zero-order chi connectivity index (χ0) is 22.4. The topological polar surface area (TPSA) is 68.7 Å². The van der Waals surface area contributed by atoms with Gasteiger partial charge in [0.05, 0.1) is 31.2 Å². The Morgan fingerprint density at radius 3 is 2.91 bits per heavy atom. The first-order chi connectivity index (χ1) is 16.1. The molecule has 1 saturated heterocycles. The van der Waals surface area contributed by atoms with Crippen molar-refractivity contribution in [2.75, 3.05) is 38.4 Å². The predicted molar refractivity (Wildman–Crippen MR) is 129 cm³/mol. The highest BCUT2D eigenvalue weighted by Crippen LogP contribution is 2.41. The summed E-state index contributed by atoms with van der Waals surface area (Å²) in [4.78, 5) is 15.1. The number of thiophene rings is 1. The molecule has 1 N–H and O–H groups in total. The minimum Gasteiger partial charge on any atom is -0.454 e. The summed E-state index contributed by atoms with van der Waals surface area (Å²) in [6.45, 7) is 8.98. The van der Waals surface area contributed by atoms with Crippen LogP contribution in [-0.4, -0.2) is 48.0 Å². The summed E-state index contributed by atoms with van der Waals surface area (Å²) < 4.78 is 16.6. The number of anilines is 1. The molecule has 8 heteroatoms. The molecule has 2 aromatic heterocycles. The molecule has 3 aliphatic rings. The lowest BCUT2D eigenvalue weighted by molar-refractivity contribution is 0.0331. The summed E-state index contributed by atoms with van der Waals surface area (Å²) in [5, 5.41) is 4.96. The fraction of sp³-hybridized carbons (Fsp3) is 0.520. The van der Waals surface area contributed by atoms with E-state index in [4.69, 9.17) is 24.2 Å². The Hall–Kier alpha value is -2.42. The van der Waals surface area contributed by atoms with Gasteiger partial charge in [-0.05, 0) is 55.4 Å². The van der Waals surface area contributed by atoms with Gasteiger partial charge in [0.15, 0.2) is 11.5 Å². The highest BCUT2D eigenvalue weighted by Gasteiger charge is 2.25. The summed E-state index contributed by atoms with van der Waals surface area (Å²) in [5.74, 6) is 4.19. The van der Waals surface area contributed by atoms with Crippen molar-refractivity contribution in [2.24, 2.45) is 5.92 Å². The van der Waals surface area contributed by atoms with Crippen LogP contribution in [-0.2, 0) is 24.1 Å². The molecule has 1 aliphatic carbocycles. The van der Waals surface area contributed by atoms with E-state index in [1.165, 1.54) is 22.2 Å². The molecule has 2 aliphatic heterocycles. The second kappa shape index (κ2) is 8.74. The standard InChI is InChI=1S/C25H30N4O3S/c1-15-3-5-18-21(11-15)33-25-23(18)24(27-22(28-25)13-29-7-9-30-10-8-29)26-16(2)17-4-6-19-20(12-17)32-14-31-19/h4,6,12,15-16H,3,5,7-11,13-14H2,1-2H3,(H,26,27,28)/t15-,16-/m1/s1. The van der Waals surface area contributed by atoms with Crippen LogP contribution in [0.2, 0.25) is 0 Å². The van der Waals surface area contributed by atoms with Gasteiger partial charge < -0.3 is 19.5 Å². The Labute approximate surface area is 198 Å². The largest absolute Gasteiger partial charge is 0.454 e. The molecule has 1 aromatic carbocycles. The summed E-state index contributed by atoms with van der Waals surface area (Å²) >= 11 is 1.86. The number of nitrogens with one attached hydrogen (secondary N) is 1. The van der Waals surface area contributed by atoms with Crippen molar-refractivity contribution in [3.8, 4) is 11.5 Å². The van der Waals surface area contributed by atoms with Crippen LogP contribution in [0, 0.1) is 5.92 Å². The van der Waals surface area contributed by atoms with Crippen molar-refractivity contribution in [3.05, 3.63) is 40.0 Å². The molecule has 0 amide bonds. The molecule has 1 fully saturated rings. The van der Waals surface area contributed by atoms with Gasteiger partial charge >= 0.3 is 0 Å². The Balaban J connectivity index is 1.36. The Kier molecular flexibility index (Phi) is 5.60. The first-order valence-corrected chi connectivity index (χ1v) is 12.7. The third kappa shape index (κ3) is 4.16. The summed E-state index contributed by atoms with van der Waals surface area (Å²) in [6, 6.07) is 6.23. The van der Waals surface area contributed by atoms with Gasteiger partial charge in [0.2, 0.25) is 6.79 Å². The first-order valence-electron chi connectivity index (χ1n) is 11.9. The third-order valence-electron chi connectivity index (χ3n) is 6.92. The number of aromatic nitrogens is 2. The van der Waals surface area contributed by atoms with Crippen molar-refractivity contribution in [1.82, 2.24) is 14.9 Å². The van der Waals surface area contributed by atoms with E-state index in [0.29, 0.717) is 0 Å². The molecule has 3 aromatic rings. The van der Waals surface area contributed by atoms with Crippen LogP contribution in [0.15, 0.2) is 18.2 Å². The van der Waals surface area contributed by atoms with Gasteiger partial charge in [-0.2, -0.15) is 0 Å². The van der Waals surface area contributed by atoms with Crippen LogP contribution in [0.4, 0.5) is 5.82 Å². The molecule has 0 bridgehead atoms. The van der Waals surface area contributed by atoms with Gasteiger partial charge in [-0.25, -0.2) is 9.97 Å². The lowest BCUT2D eigenvalue weighted by Gasteiger charge is -2.26. The maximum absolute atomic E-state index is 5.60. The molecular weight excluding hydrogens is 436 g/mol. The number of rotatable bonds is 5. The van der Waals surface area contributed by atoms with Crippen LogP contribution in [0.1, 0.15) is 48.1 Å². The summed E-state index contributed by atoms with van der Waals surface area (Å²) in [5.41, 5.74) is 2.60. The number of ether oxygens (including phenoxy) is 3. The lowest BCUT2D eigenvalue weighted by atomic mass is 9.89. The second-order valence-corrected chi connectivity index (χ2v) is 10.5. The molecule has 0 radical (unpaired) electrons. The molecule has 0 unspecified atom stereocenters. The van der Waals surface area contributed by atoms with Crippen LogP contribution < -0.4 is 14.8 Å². The normalized spacial score (nSPS) is 21.2. The van der Waals surface area contributed by atoms with Gasteiger partial charge in [-0.3, -0.25) is 4.90 Å². The number of hydrogen-bond donors (Lipinski definition) is 1. The van der Waals surface area contributed by atoms with Crippen molar-refractivity contribution in [3.63, 3.8) is 0 Å². The lowest BCUT2D eigenvalue weighted by Crippen LogP contribution is -2.36. The van der Waals surface area contributed by atoms with E-state index in [-0.39, 0.29) is 12.8 Å². The third-order valence-corrected chi connectivity index (χ3v) is 8.07. The van der Waals surface area contributed by atoms with Gasteiger partial charge in [0.1, 0.15) is 16.5 Å². The number of benzene rings is 1. The van der Waals surface area contributed by atoms with Crippen LogP contribution in [0.25, 0.3) is 10.2 Å². The monoisotopic (exact) mass is 466 g/mol. The SMILES string of the molecule is C[C@@H]1CCc2c(sc3nc(CN4CCOCC4)nc(N[C@H](C)c4ccc5c(c4)OCO5)c23)C1. The molecule has 33 heavy (non-hydrogen) atoms. The van der Waals surface area contributed by atoms with Crippen LogP contribution in [0.5, 0.6) is 11.5 Å². The fourth-order valence-electron chi connectivity index (χ4n) is 4.99. The number of aryl methyl sites for hydroxylation is 1. The minimum absolute atomic E-state index is 0.0758. The highest BCUT2D eigenvalue weighted by atomic mass is 32.1. The quantitative estimate of drug-likeness (QED) is 0.592. The Morgan fingerprint density at radius 2 is 2.03 bits per heavy atom. The average Bonchev–Trinajstić information content (AvgIpc) is 3.43. The smallest absolute Gasteiger partial charge is 0.231 e. The van der Waals surface area contributed by atoms with Crippen LogP contribution in [0.3, 0.4) is 0 Å². The first kappa shape index (κ1) is 21.1. The fourth-order valence-corrected chi connectivity index (χ4v) is 6.39. The average molecular weight is 467 g/mol. The van der Waals surface area contributed by atoms with Crippen molar-refractivity contribution in [2.45, 2.75) is 45.7 Å². The van der Waals surface area contributed by atoms with E-state index in [2.05, 4.69) is 36.2 Å². The van der Waals surface area contributed by atoms with Crippen molar-refractivity contribution in [1.29, 1.82) is 0 Å². The van der Waals surface area contributed by atoms with E-state index in [1.807, 2.05) is 17.4 Å². The molecule has 0 saturated carbocycles. The number of hydrogen-bond acceptors (Lipinski definition) is 8. The number of morpholine rings is 1. The summed E-state index contributed by atoms with van der Waals surface area (Å²) in [7, 11) is 0. The second-order valence-electron chi connectivity index (χ2n) is 9.39. The van der Waals surface area contributed by atoms with E-state index in [9.17, 15) is 0 Å². The highest BCUT2D eigenvalue weighted by molar-refractivity contribution is 7.19. The molecule has 0 spiro atoms. The van der Waals surface area contributed by atoms with Gasteiger partial charge in [-0.15, -0.1) is 11.3 Å².